The molecule has 0 aliphatic carbocycles. The number of ether oxygens (including phenoxy) is 5. The zero-order chi connectivity index (χ0) is 46.9. The molecule has 3 aliphatic heterocycles. The molecule has 14 nitrogen and oxygen atoms in total. The van der Waals surface area contributed by atoms with E-state index in [1.165, 1.54) is 47.0 Å². The summed E-state index contributed by atoms with van der Waals surface area (Å²) in [6, 6.07) is 33.6. The lowest BCUT2D eigenvalue weighted by Gasteiger charge is -2.36. The number of aryl methyl sites for hydroxylation is 2. The van der Waals surface area contributed by atoms with Gasteiger partial charge < -0.3 is 44.1 Å². The quantitative estimate of drug-likeness (QED) is 0.0681. The number of phenols is 2. The Morgan fingerprint density at radius 1 is 0.701 bits per heavy atom. The summed E-state index contributed by atoms with van der Waals surface area (Å²) >= 11 is 0. The fourth-order valence-corrected chi connectivity index (χ4v) is 10.6. The molecule has 0 radical (unpaired) electrons. The van der Waals surface area contributed by atoms with Crippen molar-refractivity contribution in [1.29, 1.82) is 0 Å². The van der Waals surface area contributed by atoms with Crippen molar-refractivity contribution in [2.24, 2.45) is 0 Å². The molecule has 0 aromatic heterocycles. The first-order chi connectivity index (χ1) is 32.3. The van der Waals surface area contributed by atoms with Crippen LogP contribution in [0.4, 0.5) is 5.69 Å². The van der Waals surface area contributed by atoms with Gasteiger partial charge in [0.2, 0.25) is 10.0 Å². The maximum atomic E-state index is 13.7. The van der Waals surface area contributed by atoms with Crippen LogP contribution in [0.25, 0.3) is 11.1 Å². The van der Waals surface area contributed by atoms with E-state index in [1.807, 2.05) is 0 Å². The lowest BCUT2D eigenvalue weighted by molar-refractivity contribution is 0.0224. The Balaban J connectivity index is 0.688. The number of aromatic hydroxyl groups is 2. The van der Waals surface area contributed by atoms with Crippen LogP contribution in [0.15, 0.2) is 120 Å². The van der Waals surface area contributed by atoms with E-state index < -0.39 is 27.5 Å². The number of phenolic OH excluding ortho intramolecular Hbond substituents is 2. The molecule has 6 aromatic carbocycles. The molecule has 3 aliphatic rings. The van der Waals surface area contributed by atoms with Crippen LogP contribution in [0.5, 0.6) is 28.7 Å². The highest BCUT2D eigenvalue weighted by atomic mass is 32.2. The van der Waals surface area contributed by atoms with Gasteiger partial charge in [-0.15, -0.1) is 0 Å². The molecule has 1 amide bonds. The van der Waals surface area contributed by atoms with Crippen molar-refractivity contribution >= 4 is 27.6 Å². The predicted octanol–water partition coefficient (Wildman–Crippen LogP) is 7.61. The molecule has 15 heteroatoms. The summed E-state index contributed by atoms with van der Waals surface area (Å²) in [5.74, 6) is -0.0527. The van der Waals surface area contributed by atoms with Crippen LogP contribution in [0.2, 0.25) is 0 Å². The molecule has 0 unspecified atom stereocenters. The zero-order valence-corrected chi connectivity index (χ0v) is 38.2. The van der Waals surface area contributed by atoms with Crippen LogP contribution in [0.1, 0.15) is 54.1 Å². The Morgan fingerprint density at radius 3 is 2.04 bits per heavy atom. The fraction of sp³-hybridized carbons (Fsp3) is 0.269. The van der Waals surface area contributed by atoms with E-state index in [0.29, 0.717) is 60.8 Å². The number of carbonyl (C=O) groups is 2. The van der Waals surface area contributed by atoms with Crippen molar-refractivity contribution in [1.82, 2.24) is 9.62 Å². The van der Waals surface area contributed by atoms with Gasteiger partial charge in [0.25, 0.3) is 5.91 Å². The van der Waals surface area contributed by atoms with Crippen molar-refractivity contribution in [2.45, 2.75) is 31.3 Å². The maximum Gasteiger partial charge on any atom is 0.340 e. The van der Waals surface area contributed by atoms with Crippen LogP contribution < -0.4 is 19.7 Å². The van der Waals surface area contributed by atoms with Crippen molar-refractivity contribution in [2.75, 3.05) is 70.7 Å². The van der Waals surface area contributed by atoms with Gasteiger partial charge in [0, 0.05) is 72.8 Å². The summed E-state index contributed by atoms with van der Waals surface area (Å²) in [7, 11) is -3.70. The number of esters is 1. The largest absolute Gasteiger partial charge is 0.508 e. The van der Waals surface area contributed by atoms with Crippen molar-refractivity contribution in [3.05, 3.63) is 160 Å². The Bertz CT molecular complexity index is 2920. The molecule has 1 fully saturated rings. The van der Waals surface area contributed by atoms with Gasteiger partial charge in [-0.05, 0) is 115 Å². The molecule has 0 atom stereocenters. The average Bonchev–Trinajstić information content (AvgIpc) is 3.61. The lowest BCUT2D eigenvalue weighted by atomic mass is 9.77. The second-order valence-corrected chi connectivity index (χ2v) is 18.6. The van der Waals surface area contributed by atoms with E-state index >= 15 is 0 Å². The SMILES string of the molecule is Cc1cc(OCCOCCOCCNC(=O)c2ccc3c(c2)C(=O)OC32c3ccc(O)cc3Oc3cc(O)ccc32)ccc1S(=O)(=O)N1CCN(c2ccc(-c3cccc(C)c3C)cc2)CC1. The van der Waals surface area contributed by atoms with E-state index in [0.717, 1.165) is 11.3 Å². The van der Waals surface area contributed by atoms with Gasteiger partial charge in [0.1, 0.15) is 35.4 Å². The number of rotatable bonds is 15. The number of anilines is 1. The average molecular weight is 926 g/mol. The molecule has 346 valence electrons. The first-order valence-electron chi connectivity index (χ1n) is 22.1. The highest BCUT2D eigenvalue weighted by molar-refractivity contribution is 7.89. The Hall–Kier alpha value is -6.91. The molecular formula is C52H51N3O11S. The van der Waals surface area contributed by atoms with E-state index in [9.17, 15) is 28.2 Å². The zero-order valence-electron chi connectivity index (χ0n) is 37.4. The summed E-state index contributed by atoms with van der Waals surface area (Å²) in [6.07, 6.45) is 0. The Labute approximate surface area is 389 Å². The predicted molar refractivity (Wildman–Crippen MR) is 251 cm³/mol. The molecule has 3 N–H and O–H groups in total. The summed E-state index contributed by atoms with van der Waals surface area (Å²) in [5.41, 5.74) is 7.11. The van der Waals surface area contributed by atoms with Crippen molar-refractivity contribution in [3.8, 4) is 39.9 Å². The Kier molecular flexibility index (Phi) is 12.7. The minimum absolute atomic E-state index is 0.0453. The lowest BCUT2D eigenvalue weighted by Crippen LogP contribution is -2.48. The van der Waals surface area contributed by atoms with Crippen LogP contribution in [-0.2, 0) is 29.8 Å². The third-order valence-corrected chi connectivity index (χ3v) is 14.6. The van der Waals surface area contributed by atoms with Crippen LogP contribution in [0, 0.1) is 20.8 Å². The number of sulfonamides is 1. The third-order valence-electron chi connectivity index (χ3n) is 12.6. The summed E-state index contributed by atoms with van der Waals surface area (Å²) < 4.78 is 58.2. The molecule has 6 aromatic rings. The van der Waals surface area contributed by atoms with Gasteiger partial charge >= 0.3 is 5.97 Å². The second-order valence-electron chi connectivity index (χ2n) is 16.7. The smallest absolute Gasteiger partial charge is 0.340 e. The number of amides is 1. The van der Waals surface area contributed by atoms with E-state index in [1.54, 1.807) is 53.7 Å². The number of benzene rings is 6. The van der Waals surface area contributed by atoms with Crippen molar-refractivity contribution in [3.63, 3.8) is 0 Å². The highest BCUT2D eigenvalue weighted by Crippen LogP contribution is 2.57. The topological polar surface area (TPSA) is 173 Å². The van der Waals surface area contributed by atoms with Gasteiger partial charge in [0.15, 0.2) is 5.60 Å². The molecule has 0 saturated carbocycles. The molecule has 1 spiro atoms. The molecule has 9 rings (SSSR count). The van der Waals surface area contributed by atoms with Gasteiger partial charge in [-0.1, -0.05) is 36.4 Å². The first-order valence-corrected chi connectivity index (χ1v) is 23.6. The minimum atomic E-state index is -3.70. The van der Waals surface area contributed by atoms with Gasteiger partial charge in [-0.2, -0.15) is 4.31 Å². The number of hydrogen-bond acceptors (Lipinski definition) is 12. The van der Waals surface area contributed by atoms with Crippen LogP contribution >= 0.6 is 0 Å². The second kappa shape index (κ2) is 18.8. The first kappa shape index (κ1) is 45.3. The van der Waals surface area contributed by atoms with Crippen LogP contribution in [-0.4, -0.2) is 101 Å². The number of hydrogen-bond donors (Lipinski definition) is 3. The maximum absolute atomic E-state index is 13.7. The standard InChI is InChI=1S/C52H51N3O11S/c1-33-5-4-6-42(35(33)3)36-7-10-38(11-8-36)54-20-22-55(23-21-54)67(60,61)49-18-14-41(29-34(49)2)64-28-27-63-26-25-62-24-19-53-50(58)37-9-15-44-43(30-37)51(59)66-52(44)45-16-12-39(56)31-47(45)65-48-32-40(57)13-17-46(48)52/h4-18,29-32,56-57H,19-28H2,1-3H3,(H,53,58). The highest BCUT2D eigenvalue weighted by Gasteiger charge is 2.54. The third kappa shape index (κ3) is 8.90. The number of carbonyl (C=O) groups excluding carboxylic acids is 2. The molecule has 0 bridgehead atoms. The molecule has 67 heavy (non-hydrogen) atoms. The number of piperazine rings is 1. The van der Waals surface area contributed by atoms with E-state index in [-0.39, 0.29) is 72.0 Å². The fourth-order valence-electron chi connectivity index (χ4n) is 8.97. The van der Waals surface area contributed by atoms with Crippen LogP contribution in [0.3, 0.4) is 0 Å². The monoisotopic (exact) mass is 925 g/mol. The van der Waals surface area contributed by atoms with E-state index in [4.69, 9.17) is 23.7 Å². The Morgan fingerprint density at radius 2 is 1.36 bits per heavy atom. The number of nitrogens with zero attached hydrogens (tertiary/aromatic N) is 2. The number of nitrogens with one attached hydrogen (secondary N) is 1. The molecule has 1 saturated heterocycles. The minimum Gasteiger partial charge on any atom is -0.508 e. The summed E-state index contributed by atoms with van der Waals surface area (Å²) in [6.45, 7) is 9.54. The van der Waals surface area contributed by atoms with Crippen molar-refractivity contribution < 1.29 is 51.9 Å². The van der Waals surface area contributed by atoms with E-state index in [2.05, 4.69) is 66.5 Å². The van der Waals surface area contributed by atoms with Gasteiger partial charge in [-0.25, -0.2) is 13.2 Å². The summed E-state index contributed by atoms with van der Waals surface area (Å²) in [4.78, 5) is 29.0. The van der Waals surface area contributed by atoms with Gasteiger partial charge in [-0.3, -0.25) is 4.79 Å². The normalized spacial score (nSPS) is 15.0. The number of fused-ring (bicyclic) bond motifs is 6. The summed E-state index contributed by atoms with van der Waals surface area (Å²) in [5, 5.41) is 23.1. The molecule has 3 heterocycles. The molecular weight excluding hydrogens is 875 g/mol. The van der Waals surface area contributed by atoms with Gasteiger partial charge in [0.05, 0.1) is 36.9 Å².